The first-order chi connectivity index (χ1) is 15.5. The number of carbonyl (C=O) groups excluding carboxylic acids is 1. The van der Waals surface area contributed by atoms with Crippen molar-refractivity contribution in [1.82, 2.24) is 15.1 Å². The summed E-state index contributed by atoms with van der Waals surface area (Å²) in [7, 11) is 0. The second-order valence-corrected chi connectivity index (χ2v) is 8.45. The summed E-state index contributed by atoms with van der Waals surface area (Å²) >= 11 is 5.58. The van der Waals surface area contributed by atoms with E-state index in [0.717, 1.165) is 11.4 Å². The van der Waals surface area contributed by atoms with E-state index in [1.54, 1.807) is 10.9 Å². The molecule has 5 rings (SSSR count). The van der Waals surface area contributed by atoms with Gasteiger partial charge in [0, 0.05) is 23.8 Å². The number of nitrogens with one attached hydrogen (secondary N) is 2. The third-order valence-electron chi connectivity index (χ3n) is 6.12. The summed E-state index contributed by atoms with van der Waals surface area (Å²) in [4.78, 5) is 15.1. The highest BCUT2D eigenvalue weighted by Crippen LogP contribution is 2.37. The number of carbonyl (C=O) groups is 1. The van der Waals surface area contributed by atoms with Gasteiger partial charge in [-0.2, -0.15) is 5.10 Å². The molecule has 1 saturated heterocycles. The maximum atomic E-state index is 13.2. The number of nitrogens with zero attached hydrogens (tertiary/aromatic N) is 3. The van der Waals surface area contributed by atoms with Gasteiger partial charge in [0.05, 0.1) is 29.8 Å². The maximum absolute atomic E-state index is 13.2. The van der Waals surface area contributed by atoms with Crippen molar-refractivity contribution in [2.24, 2.45) is 5.92 Å². The lowest BCUT2D eigenvalue weighted by Gasteiger charge is -2.41. The Hall–Kier alpha value is -3.27. The number of fused-ring (bicyclic) bond motifs is 1. The Bertz CT molecular complexity index is 1110. The highest BCUT2D eigenvalue weighted by Gasteiger charge is 2.53. The van der Waals surface area contributed by atoms with Crippen LogP contribution in [0.3, 0.4) is 0 Å². The van der Waals surface area contributed by atoms with Crippen LogP contribution in [0.5, 0.6) is 0 Å². The Morgan fingerprint density at radius 3 is 2.47 bits per heavy atom. The van der Waals surface area contributed by atoms with Crippen LogP contribution in [-0.4, -0.2) is 55.3 Å². The molecule has 2 fully saturated rings. The molecule has 2 aromatic carbocycles. The molecule has 164 valence electrons. The number of aliphatic hydroxyl groups is 2. The number of benzene rings is 2. The van der Waals surface area contributed by atoms with Crippen molar-refractivity contribution < 1.29 is 15.0 Å². The minimum absolute atomic E-state index is 0.132. The van der Waals surface area contributed by atoms with Gasteiger partial charge in [0.15, 0.2) is 5.11 Å². The van der Waals surface area contributed by atoms with Gasteiger partial charge in [-0.25, -0.2) is 4.68 Å². The van der Waals surface area contributed by atoms with Crippen LogP contribution in [0.15, 0.2) is 73.1 Å². The van der Waals surface area contributed by atoms with Crippen molar-refractivity contribution in [2.75, 3.05) is 10.2 Å². The third kappa shape index (κ3) is 3.64. The van der Waals surface area contributed by atoms with Gasteiger partial charge in [0.25, 0.3) is 0 Å². The molecule has 2 heterocycles. The van der Waals surface area contributed by atoms with E-state index in [1.165, 1.54) is 0 Å². The number of hydrogen-bond acceptors (Lipinski definition) is 5. The van der Waals surface area contributed by atoms with Crippen molar-refractivity contribution in [1.29, 1.82) is 0 Å². The molecule has 4 N–H and O–H groups in total. The monoisotopic (exact) mass is 449 g/mol. The Morgan fingerprint density at radius 1 is 1.06 bits per heavy atom. The van der Waals surface area contributed by atoms with Crippen molar-refractivity contribution in [2.45, 2.75) is 30.7 Å². The Balaban J connectivity index is 1.46. The number of amides is 1. The number of rotatable bonds is 4. The number of anilines is 2. The lowest BCUT2D eigenvalue weighted by molar-refractivity contribution is -0.126. The van der Waals surface area contributed by atoms with Gasteiger partial charge in [-0.05, 0) is 61.1 Å². The van der Waals surface area contributed by atoms with Gasteiger partial charge in [-0.3, -0.25) is 4.79 Å². The number of aromatic nitrogens is 2. The molecule has 0 spiro atoms. The fourth-order valence-electron chi connectivity index (χ4n) is 4.58. The van der Waals surface area contributed by atoms with Crippen LogP contribution < -0.4 is 15.5 Å². The zero-order chi connectivity index (χ0) is 22.2. The molecule has 1 aliphatic heterocycles. The van der Waals surface area contributed by atoms with Crippen molar-refractivity contribution >= 4 is 34.6 Å². The summed E-state index contributed by atoms with van der Waals surface area (Å²) in [5, 5.41) is 31.8. The quantitative estimate of drug-likeness (QED) is 0.450. The predicted octanol–water partition coefficient (Wildman–Crippen LogP) is 1.68. The van der Waals surface area contributed by atoms with Crippen LogP contribution in [-0.2, 0) is 4.79 Å². The minimum Gasteiger partial charge on any atom is -0.390 e. The SMILES string of the molecule is O=C(Nc1ccccc1)C1CC(O)C(O)C2NC(=S)N(c3ccc(-n4cccn4)cc3)C12. The van der Waals surface area contributed by atoms with Crippen LogP contribution in [0.25, 0.3) is 5.69 Å². The number of hydrogen-bond donors (Lipinski definition) is 4. The molecule has 0 bridgehead atoms. The maximum Gasteiger partial charge on any atom is 0.229 e. The molecule has 2 aliphatic rings. The largest absolute Gasteiger partial charge is 0.390 e. The lowest BCUT2D eigenvalue weighted by Crippen LogP contribution is -2.60. The first kappa shape index (κ1) is 20.6. The van der Waals surface area contributed by atoms with E-state index < -0.39 is 30.2 Å². The number of para-hydroxylation sites is 1. The van der Waals surface area contributed by atoms with Crippen LogP contribution in [0.1, 0.15) is 6.42 Å². The molecule has 9 heteroatoms. The van der Waals surface area contributed by atoms with E-state index in [1.807, 2.05) is 71.8 Å². The van der Waals surface area contributed by atoms with Crippen molar-refractivity contribution in [3.05, 3.63) is 73.1 Å². The molecule has 1 aliphatic carbocycles. The van der Waals surface area contributed by atoms with Gasteiger partial charge in [-0.1, -0.05) is 18.2 Å². The summed E-state index contributed by atoms with van der Waals surface area (Å²) in [6.45, 7) is 0. The fraction of sp³-hybridized carbons (Fsp3) is 0.261. The molecule has 3 aromatic rings. The molecule has 1 amide bonds. The minimum atomic E-state index is -1.04. The summed E-state index contributed by atoms with van der Waals surface area (Å²) < 4.78 is 1.75. The molecule has 8 nitrogen and oxygen atoms in total. The highest BCUT2D eigenvalue weighted by atomic mass is 32.1. The van der Waals surface area contributed by atoms with E-state index in [-0.39, 0.29) is 12.3 Å². The predicted molar refractivity (Wildman–Crippen MR) is 125 cm³/mol. The highest BCUT2D eigenvalue weighted by molar-refractivity contribution is 7.80. The second kappa shape index (κ2) is 8.34. The zero-order valence-corrected chi connectivity index (χ0v) is 17.9. The molecule has 5 atom stereocenters. The molecule has 1 aromatic heterocycles. The first-order valence-corrected chi connectivity index (χ1v) is 10.9. The Labute approximate surface area is 190 Å². The summed E-state index contributed by atoms with van der Waals surface area (Å²) in [5.41, 5.74) is 2.37. The number of thiocarbonyl (C=S) groups is 1. The molecular weight excluding hydrogens is 426 g/mol. The van der Waals surface area contributed by atoms with Crippen molar-refractivity contribution in [3.8, 4) is 5.69 Å². The summed E-state index contributed by atoms with van der Waals surface area (Å²) in [5.74, 6) is -0.806. The molecule has 1 saturated carbocycles. The normalized spacial score (nSPS) is 27.0. The van der Waals surface area contributed by atoms with Crippen LogP contribution >= 0.6 is 12.2 Å². The molecule has 0 radical (unpaired) electrons. The van der Waals surface area contributed by atoms with E-state index in [2.05, 4.69) is 15.7 Å². The number of aliphatic hydroxyl groups excluding tert-OH is 2. The van der Waals surface area contributed by atoms with Gasteiger partial charge >= 0.3 is 0 Å². The zero-order valence-electron chi connectivity index (χ0n) is 17.1. The molecule has 32 heavy (non-hydrogen) atoms. The van der Waals surface area contributed by atoms with E-state index >= 15 is 0 Å². The molecular formula is C23H23N5O3S. The Morgan fingerprint density at radius 2 is 1.78 bits per heavy atom. The molecule has 5 unspecified atom stereocenters. The van der Waals surface area contributed by atoms with E-state index in [4.69, 9.17) is 12.2 Å². The Kier molecular flexibility index (Phi) is 5.38. The van der Waals surface area contributed by atoms with E-state index in [9.17, 15) is 15.0 Å². The lowest BCUT2D eigenvalue weighted by atomic mass is 9.77. The second-order valence-electron chi connectivity index (χ2n) is 8.06. The summed E-state index contributed by atoms with van der Waals surface area (Å²) in [6.07, 6.45) is 1.64. The van der Waals surface area contributed by atoms with Gasteiger partial charge in [-0.15, -0.1) is 0 Å². The van der Waals surface area contributed by atoms with Crippen molar-refractivity contribution in [3.63, 3.8) is 0 Å². The fourth-order valence-corrected chi connectivity index (χ4v) is 4.95. The van der Waals surface area contributed by atoms with Gasteiger partial charge in [0.2, 0.25) is 5.91 Å². The van der Waals surface area contributed by atoms with Crippen LogP contribution in [0.4, 0.5) is 11.4 Å². The standard InChI is InChI=1S/C23H23N5O3S/c29-18-13-17(22(31)25-14-5-2-1-3-6-14)20-19(21(18)30)26-23(32)28(20)16-9-7-15(8-10-16)27-12-4-11-24-27/h1-12,17-21,29-30H,13H2,(H,25,31)(H,26,32). The van der Waals surface area contributed by atoms with E-state index in [0.29, 0.717) is 10.8 Å². The van der Waals surface area contributed by atoms with Gasteiger partial charge in [0.1, 0.15) is 6.10 Å². The van der Waals surface area contributed by atoms with Crippen LogP contribution in [0, 0.1) is 5.92 Å². The smallest absolute Gasteiger partial charge is 0.229 e. The average Bonchev–Trinajstić information content (AvgIpc) is 3.45. The summed E-state index contributed by atoms with van der Waals surface area (Å²) in [6, 6.07) is 17.7. The van der Waals surface area contributed by atoms with Gasteiger partial charge < -0.3 is 25.7 Å². The third-order valence-corrected chi connectivity index (χ3v) is 6.43. The van der Waals surface area contributed by atoms with Crippen LogP contribution in [0.2, 0.25) is 0 Å². The topological polar surface area (TPSA) is 103 Å². The first-order valence-electron chi connectivity index (χ1n) is 10.4. The average molecular weight is 450 g/mol.